The number of rotatable bonds is 4. The highest BCUT2D eigenvalue weighted by molar-refractivity contribution is 5.99. The molecule has 0 aliphatic carbocycles. The highest BCUT2D eigenvalue weighted by atomic mass is 16.5. The van der Waals surface area contributed by atoms with Crippen LogP contribution in [0.1, 0.15) is 46.2 Å². The van der Waals surface area contributed by atoms with E-state index in [0.29, 0.717) is 54.3 Å². The fourth-order valence-electron chi connectivity index (χ4n) is 4.67. The summed E-state index contributed by atoms with van der Waals surface area (Å²) >= 11 is 0. The van der Waals surface area contributed by atoms with Gasteiger partial charge in [0.2, 0.25) is 0 Å². The average Bonchev–Trinajstić information content (AvgIpc) is 2.87. The van der Waals surface area contributed by atoms with E-state index in [-0.39, 0.29) is 17.5 Å². The zero-order chi connectivity index (χ0) is 23.9. The van der Waals surface area contributed by atoms with E-state index in [1.54, 1.807) is 31.3 Å². The summed E-state index contributed by atoms with van der Waals surface area (Å²) < 4.78 is 17.2. The van der Waals surface area contributed by atoms with Gasteiger partial charge in [0, 0.05) is 37.4 Å². The summed E-state index contributed by atoms with van der Waals surface area (Å²) in [4.78, 5) is 32.5. The Hall–Kier alpha value is -3.81. The molecule has 1 aromatic heterocycles. The molecule has 0 radical (unpaired) electrons. The Labute approximate surface area is 197 Å². The smallest absolute Gasteiger partial charge is 0.272 e. The SMILES string of the molecule is CCc1ccc2c(c1)C(=O)NC1(CCN(C(=O)c3cc(OC)c4cccc(OC)c4n3)CC1)O2. The molecular weight excluding hydrogens is 434 g/mol. The molecule has 0 unspecified atom stereocenters. The van der Waals surface area contributed by atoms with Crippen molar-refractivity contribution in [2.75, 3.05) is 27.3 Å². The fraction of sp³-hybridized carbons (Fsp3) is 0.346. The number of fused-ring (bicyclic) bond motifs is 2. The molecule has 2 aliphatic rings. The highest BCUT2D eigenvalue weighted by Crippen LogP contribution is 2.35. The van der Waals surface area contributed by atoms with Crippen LogP contribution in [0, 0.1) is 0 Å². The van der Waals surface area contributed by atoms with Crippen molar-refractivity contribution in [1.82, 2.24) is 15.2 Å². The van der Waals surface area contributed by atoms with Crippen molar-refractivity contribution >= 4 is 22.7 Å². The molecule has 34 heavy (non-hydrogen) atoms. The number of para-hydroxylation sites is 1. The Balaban J connectivity index is 1.36. The molecule has 0 atom stereocenters. The minimum Gasteiger partial charge on any atom is -0.496 e. The van der Waals surface area contributed by atoms with Crippen LogP contribution in [-0.4, -0.2) is 54.7 Å². The van der Waals surface area contributed by atoms with Gasteiger partial charge < -0.3 is 24.4 Å². The maximum atomic E-state index is 13.4. The lowest BCUT2D eigenvalue weighted by atomic mass is 9.96. The highest BCUT2D eigenvalue weighted by Gasteiger charge is 2.43. The van der Waals surface area contributed by atoms with Gasteiger partial charge in [-0.25, -0.2) is 4.98 Å². The Morgan fingerprint density at radius 3 is 2.59 bits per heavy atom. The van der Waals surface area contributed by atoms with Crippen LogP contribution in [-0.2, 0) is 6.42 Å². The Morgan fingerprint density at radius 2 is 1.88 bits per heavy atom. The van der Waals surface area contributed by atoms with Crippen molar-refractivity contribution in [3.63, 3.8) is 0 Å². The fourth-order valence-corrected chi connectivity index (χ4v) is 4.67. The van der Waals surface area contributed by atoms with E-state index in [1.807, 2.05) is 37.3 Å². The second-order valence-electron chi connectivity index (χ2n) is 8.59. The Kier molecular flexibility index (Phi) is 5.51. The summed E-state index contributed by atoms with van der Waals surface area (Å²) in [7, 11) is 3.14. The third kappa shape index (κ3) is 3.69. The second-order valence-corrected chi connectivity index (χ2v) is 8.59. The third-order valence-corrected chi connectivity index (χ3v) is 6.63. The first kappa shape index (κ1) is 22.0. The number of likely N-dealkylation sites (tertiary alicyclic amines) is 1. The molecule has 5 rings (SSSR count). The molecule has 2 amide bonds. The first-order valence-electron chi connectivity index (χ1n) is 11.4. The van der Waals surface area contributed by atoms with Crippen LogP contribution < -0.4 is 19.5 Å². The number of nitrogens with one attached hydrogen (secondary N) is 1. The van der Waals surface area contributed by atoms with E-state index >= 15 is 0 Å². The predicted octanol–water partition coefficient (Wildman–Crippen LogP) is 3.57. The molecule has 8 nitrogen and oxygen atoms in total. The van der Waals surface area contributed by atoms with E-state index in [2.05, 4.69) is 10.3 Å². The quantitative estimate of drug-likeness (QED) is 0.639. The normalized spacial score (nSPS) is 16.6. The first-order chi connectivity index (χ1) is 16.5. The van der Waals surface area contributed by atoms with Crippen molar-refractivity contribution in [3.8, 4) is 17.2 Å². The largest absolute Gasteiger partial charge is 0.496 e. The maximum Gasteiger partial charge on any atom is 0.272 e. The van der Waals surface area contributed by atoms with Gasteiger partial charge in [-0.2, -0.15) is 0 Å². The van der Waals surface area contributed by atoms with Crippen LogP contribution in [0.4, 0.5) is 0 Å². The first-order valence-corrected chi connectivity index (χ1v) is 11.4. The topological polar surface area (TPSA) is 90.0 Å². The number of aromatic nitrogens is 1. The Bertz CT molecular complexity index is 1280. The van der Waals surface area contributed by atoms with Gasteiger partial charge in [0.1, 0.15) is 28.5 Å². The summed E-state index contributed by atoms with van der Waals surface area (Å²) in [5.41, 5.74) is 1.70. The van der Waals surface area contributed by atoms with Crippen LogP contribution in [0.3, 0.4) is 0 Å². The summed E-state index contributed by atoms with van der Waals surface area (Å²) in [5.74, 6) is 1.40. The molecule has 8 heteroatoms. The third-order valence-electron chi connectivity index (χ3n) is 6.63. The standard InChI is InChI=1S/C26H27N3O5/c1-4-16-8-9-20-18(14-16)24(30)28-26(34-20)10-12-29(13-11-26)25(31)19-15-22(33-3)17-6-5-7-21(32-2)23(17)27-19/h5-9,14-15H,4,10-13H2,1-3H3,(H,28,30). The number of pyridine rings is 1. The van der Waals surface area contributed by atoms with Gasteiger partial charge in [-0.05, 0) is 36.2 Å². The predicted molar refractivity (Wildman–Crippen MR) is 127 cm³/mol. The minimum atomic E-state index is -0.813. The lowest BCUT2D eigenvalue weighted by Crippen LogP contribution is -2.61. The van der Waals surface area contributed by atoms with E-state index in [4.69, 9.17) is 14.2 Å². The van der Waals surface area contributed by atoms with Crippen LogP contribution in [0.25, 0.3) is 10.9 Å². The molecular formula is C26H27N3O5. The van der Waals surface area contributed by atoms with Crippen molar-refractivity contribution < 1.29 is 23.8 Å². The van der Waals surface area contributed by atoms with Gasteiger partial charge in [0.15, 0.2) is 5.72 Å². The van der Waals surface area contributed by atoms with E-state index < -0.39 is 5.72 Å². The van der Waals surface area contributed by atoms with E-state index in [1.165, 1.54) is 0 Å². The molecule has 176 valence electrons. The average molecular weight is 462 g/mol. The number of benzene rings is 2. The molecule has 2 aliphatic heterocycles. The number of hydrogen-bond acceptors (Lipinski definition) is 6. The van der Waals surface area contributed by atoms with Crippen molar-refractivity contribution in [2.45, 2.75) is 31.9 Å². The van der Waals surface area contributed by atoms with Gasteiger partial charge in [0.25, 0.3) is 11.8 Å². The van der Waals surface area contributed by atoms with Gasteiger partial charge in [-0.3, -0.25) is 9.59 Å². The number of carbonyl (C=O) groups excluding carboxylic acids is 2. The summed E-state index contributed by atoms with van der Waals surface area (Å²) in [5, 5.41) is 3.82. The summed E-state index contributed by atoms with van der Waals surface area (Å²) in [6.07, 6.45) is 1.81. The Morgan fingerprint density at radius 1 is 1.12 bits per heavy atom. The molecule has 0 bridgehead atoms. The second kappa shape index (κ2) is 8.52. The molecule has 1 fully saturated rings. The molecule has 3 heterocycles. The lowest BCUT2D eigenvalue weighted by Gasteiger charge is -2.44. The number of piperidine rings is 1. The molecule has 1 spiro atoms. The van der Waals surface area contributed by atoms with Crippen LogP contribution in [0.2, 0.25) is 0 Å². The van der Waals surface area contributed by atoms with Crippen LogP contribution in [0.15, 0.2) is 42.5 Å². The van der Waals surface area contributed by atoms with Crippen molar-refractivity contribution in [3.05, 3.63) is 59.3 Å². The van der Waals surface area contributed by atoms with Crippen LogP contribution in [0.5, 0.6) is 17.2 Å². The molecule has 3 aromatic rings. The van der Waals surface area contributed by atoms with Gasteiger partial charge in [-0.1, -0.05) is 19.1 Å². The zero-order valence-electron chi connectivity index (χ0n) is 19.5. The number of hydrogen-bond donors (Lipinski definition) is 1. The van der Waals surface area contributed by atoms with Gasteiger partial charge in [0.05, 0.1) is 19.8 Å². The van der Waals surface area contributed by atoms with Gasteiger partial charge in [-0.15, -0.1) is 0 Å². The monoisotopic (exact) mass is 461 g/mol. The summed E-state index contributed by atoms with van der Waals surface area (Å²) in [6.45, 7) is 2.90. The number of aryl methyl sites for hydroxylation is 1. The number of amides is 2. The van der Waals surface area contributed by atoms with E-state index in [9.17, 15) is 9.59 Å². The number of methoxy groups -OCH3 is 2. The zero-order valence-corrected chi connectivity index (χ0v) is 19.5. The van der Waals surface area contributed by atoms with Gasteiger partial charge >= 0.3 is 0 Å². The lowest BCUT2D eigenvalue weighted by molar-refractivity contribution is -0.0246. The van der Waals surface area contributed by atoms with Crippen molar-refractivity contribution in [1.29, 1.82) is 0 Å². The molecule has 2 aromatic carbocycles. The number of carbonyl (C=O) groups is 2. The number of ether oxygens (including phenoxy) is 3. The molecule has 0 saturated carbocycles. The van der Waals surface area contributed by atoms with E-state index in [0.717, 1.165) is 17.4 Å². The minimum absolute atomic E-state index is 0.135. The van der Waals surface area contributed by atoms with Crippen molar-refractivity contribution in [2.24, 2.45) is 0 Å². The molecule has 1 N–H and O–H groups in total. The maximum absolute atomic E-state index is 13.4. The summed E-state index contributed by atoms with van der Waals surface area (Å²) in [6, 6.07) is 12.9. The molecule has 1 saturated heterocycles. The number of nitrogens with zero attached hydrogens (tertiary/aromatic N) is 2. The van der Waals surface area contributed by atoms with Crippen LogP contribution >= 0.6 is 0 Å².